The van der Waals surface area contributed by atoms with E-state index in [9.17, 15) is 4.79 Å². The van der Waals surface area contributed by atoms with E-state index in [1.54, 1.807) is 0 Å². The second-order valence-corrected chi connectivity index (χ2v) is 6.62. The molecule has 1 aliphatic heterocycles. The molecule has 1 amide bonds. The summed E-state index contributed by atoms with van der Waals surface area (Å²) in [6.07, 6.45) is 0.908. The van der Waals surface area contributed by atoms with Gasteiger partial charge in [0.15, 0.2) is 11.5 Å². The summed E-state index contributed by atoms with van der Waals surface area (Å²) in [6.45, 7) is 1.37. The number of amides is 1. The number of benzene rings is 2. The van der Waals surface area contributed by atoms with E-state index in [4.69, 9.17) is 14.2 Å². The van der Waals surface area contributed by atoms with E-state index in [0.717, 1.165) is 21.7 Å². The first-order valence-electron chi connectivity index (χ1n) is 8.24. The standard InChI is InChI=1S/C19H20BrNO4/c20-14-7-9-15(10-8-14)23-11-3-6-19(22)21-12-16-13-24-17-4-1-2-5-18(17)25-16/h1-2,4-5,7-10,16H,3,6,11-13H2,(H,21,22)/t16-/m0/s1. The molecule has 1 heterocycles. The Bertz CT molecular complexity index is 705. The first-order valence-corrected chi connectivity index (χ1v) is 9.03. The highest BCUT2D eigenvalue weighted by Crippen LogP contribution is 2.30. The van der Waals surface area contributed by atoms with Crippen molar-refractivity contribution < 1.29 is 19.0 Å². The van der Waals surface area contributed by atoms with Crippen LogP contribution >= 0.6 is 15.9 Å². The van der Waals surface area contributed by atoms with Crippen LogP contribution in [-0.2, 0) is 4.79 Å². The maximum atomic E-state index is 11.9. The van der Waals surface area contributed by atoms with Crippen molar-refractivity contribution in [1.29, 1.82) is 0 Å². The minimum Gasteiger partial charge on any atom is -0.494 e. The monoisotopic (exact) mass is 405 g/mol. The zero-order chi connectivity index (χ0) is 17.5. The summed E-state index contributed by atoms with van der Waals surface area (Å²) in [5.41, 5.74) is 0. The number of rotatable bonds is 7. The highest BCUT2D eigenvalue weighted by Gasteiger charge is 2.20. The molecule has 0 spiro atoms. The van der Waals surface area contributed by atoms with E-state index in [-0.39, 0.29) is 12.0 Å². The summed E-state index contributed by atoms with van der Waals surface area (Å²) in [7, 11) is 0. The molecule has 2 aromatic carbocycles. The summed E-state index contributed by atoms with van der Waals surface area (Å²) < 4.78 is 18.0. The lowest BCUT2D eigenvalue weighted by molar-refractivity contribution is -0.121. The molecule has 0 radical (unpaired) electrons. The molecule has 1 atom stereocenters. The smallest absolute Gasteiger partial charge is 0.220 e. The number of hydrogen-bond acceptors (Lipinski definition) is 4. The van der Waals surface area contributed by atoms with Gasteiger partial charge in [-0.3, -0.25) is 4.79 Å². The van der Waals surface area contributed by atoms with Crippen molar-refractivity contribution in [1.82, 2.24) is 5.32 Å². The van der Waals surface area contributed by atoms with Crippen molar-refractivity contribution in [2.45, 2.75) is 18.9 Å². The van der Waals surface area contributed by atoms with Crippen molar-refractivity contribution >= 4 is 21.8 Å². The third-order valence-electron chi connectivity index (χ3n) is 3.72. The summed E-state index contributed by atoms with van der Waals surface area (Å²) in [4.78, 5) is 11.9. The summed E-state index contributed by atoms with van der Waals surface area (Å²) in [5.74, 6) is 2.25. The summed E-state index contributed by atoms with van der Waals surface area (Å²) in [6, 6.07) is 15.2. The average molecular weight is 406 g/mol. The van der Waals surface area contributed by atoms with Gasteiger partial charge in [0.05, 0.1) is 13.2 Å². The van der Waals surface area contributed by atoms with E-state index in [2.05, 4.69) is 21.2 Å². The predicted molar refractivity (Wildman–Crippen MR) is 98.2 cm³/mol. The van der Waals surface area contributed by atoms with Crippen LogP contribution < -0.4 is 19.5 Å². The Morgan fingerprint density at radius 3 is 2.72 bits per heavy atom. The number of fused-ring (bicyclic) bond motifs is 1. The molecule has 1 aliphatic rings. The fraction of sp³-hybridized carbons (Fsp3) is 0.316. The van der Waals surface area contributed by atoms with Gasteiger partial charge in [0.1, 0.15) is 18.5 Å². The molecule has 6 heteroatoms. The first kappa shape index (κ1) is 17.6. The van der Waals surface area contributed by atoms with Crippen LogP contribution in [-0.4, -0.2) is 31.8 Å². The van der Waals surface area contributed by atoms with Gasteiger partial charge in [0, 0.05) is 10.9 Å². The molecule has 0 aliphatic carbocycles. The topological polar surface area (TPSA) is 56.8 Å². The van der Waals surface area contributed by atoms with Gasteiger partial charge in [-0.2, -0.15) is 0 Å². The lowest BCUT2D eigenvalue weighted by Crippen LogP contribution is -2.40. The number of carbonyl (C=O) groups excluding carboxylic acids is 1. The molecule has 0 saturated heterocycles. The minimum atomic E-state index is -0.169. The highest BCUT2D eigenvalue weighted by atomic mass is 79.9. The highest BCUT2D eigenvalue weighted by molar-refractivity contribution is 9.10. The van der Waals surface area contributed by atoms with Crippen LogP contribution in [0.3, 0.4) is 0 Å². The number of carbonyl (C=O) groups is 1. The molecule has 0 unspecified atom stereocenters. The largest absolute Gasteiger partial charge is 0.494 e. The number of para-hydroxylation sites is 2. The predicted octanol–water partition coefficient (Wildman–Crippen LogP) is 3.56. The van der Waals surface area contributed by atoms with E-state index >= 15 is 0 Å². The van der Waals surface area contributed by atoms with E-state index in [1.807, 2.05) is 48.5 Å². The van der Waals surface area contributed by atoms with Crippen molar-refractivity contribution in [2.24, 2.45) is 0 Å². The van der Waals surface area contributed by atoms with Gasteiger partial charge in [-0.15, -0.1) is 0 Å². The number of halogens is 1. The third-order valence-corrected chi connectivity index (χ3v) is 4.25. The molecular weight excluding hydrogens is 386 g/mol. The molecular formula is C19H20BrNO4. The zero-order valence-electron chi connectivity index (χ0n) is 13.7. The van der Waals surface area contributed by atoms with E-state index < -0.39 is 0 Å². The molecule has 1 N–H and O–H groups in total. The van der Waals surface area contributed by atoms with Crippen LogP contribution in [0.15, 0.2) is 53.0 Å². The molecule has 3 rings (SSSR count). The Labute approximate surface area is 155 Å². The van der Waals surface area contributed by atoms with Gasteiger partial charge in [-0.25, -0.2) is 0 Å². The maximum absolute atomic E-state index is 11.9. The quantitative estimate of drug-likeness (QED) is 0.715. The molecule has 0 bridgehead atoms. The number of hydrogen-bond donors (Lipinski definition) is 1. The van der Waals surface area contributed by atoms with Crippen molar-refractivity contribution in [3.05, 3.63) is 53.0 Å². The minimum absolute atomic E-state index is 0.0122. The SMILES string of the molecule is O=C(CCCOc1ccc(Br)cc1)NC[C@H]1COc2ccccc2O1. The van der Waals surface area contributed by atoms with Crippen LogP contribution in [0.1, 0.15) is 12.8 Å². The Hall–Kier alpha value is -2.21. The lowest BCUT2D eigenvalue weighted by atomic mass is 10.2. The van der Waals surface area contributed by atoms with E-state index in [1.165, 1.54) is 0 Å². The molecule has 0 fully saturated rings. The number of ether oxygens (including phenoxy) is 3. The van der Waals surface area contributed by atoms with Gasteiger partial charge in [-0.1, -0.05) is 28.1 Å². The van der Waals surface area contributed by atoms with E-state index in [0.29, 0.717) is 32.6 Å². The Balaban J connectivity index is 1.31. The average Bonchev–Trinajstić information content (AvgIpc) is 2.65. The molecule has 132 valence electrons. The Morgan fingerprint density at radius 2 is 1.92 bits per heavy atom. The molecule has 0 saturated carbocycles. The summed E-state index contributed by atoms with van der Waals surface area (Å²) in [5, 5.41) is 2.88. The second kappa shape index (κ2) is 8.76. The first-order chi connectivity index (χ1) is 12.2. The van der Waals surface area contributed by atoms with Crippen LogP contribution in [0.25, 0.3) is 0 Å². The Kier molecular flexibility index (Phi) is 6.17. The second-order valence-electron chi connectivity index (χ2n) is 5.71. The fourth-order valence-corrected chi connectivity index (χ4v) is 2.70. The van der Waals surface area contributed by atoms with Crippen LogP contribution in [0.2, 0.25) is 0 Å². The zero-order valence-corrected chi connectivity index (χ0v) is 15.3. The van der Waals surface area contributed by atoms with Crippen LogP contribution in [0, 0.1) is 0 Å². The van der Waals surface area contributed by atoms with Gasteiger partial charge in [0.2, 0.25) is 5.91 Å². The van der Waals surface area contributed by atoms with Gasteiger partial charge < -0.3 is 19.5 Å². The van der Waals surface area contributed by atoms with Gasteiger partial charge in [0.25, 0.3) is 0 Å². The molecule has 5 nitrogen and oxygen atoms in total. The normalized spacial score (nSPS) is 15.5. The van der Waals surface area contributed by atoms with Crippen molar-refractivity contribution in [3.63, 3.8) is 0 Å². The molecule has 0 aromatic heterocycles. The fourth-order valence-electron chi connectivity index (χ4n) is 2.43. The molecule has 2 aromatic rings. The number of nitrogens with one attached hydrogen (secondary N) is 1. The Morgan fingerprint density at radius 1 is 1.16 bits per heavy atom. The van der Waals surface area contributed by atoms with Gasteiger partial charge >= 0.3 is 0 Å². The third kappa shape index (κ3) is 5.39. The molecule has 25 heavy (non-hydrogen) atoms. The lowest BCUT2D eigenvalue weighted by Gasteiger charge is -2.26. The van der Waals surface area contributed by atoms with Crippen molar-refractivity contribution in [3.8, 4) is 17.2 Å². The van der Waals surface area contributed by atoms with Crippen molar-refractivity contribution in [2.75, 3.05) is 19.8 Å². The van der Waals surface area contributed by atoms with Gasteiger partial charge in [-0.05, 0) is 42.8 Å². The maximum Gasteiger partial charge on any atom is 0.220 e. The van der Waals surface area contributed by atoms with Crippen LogP contribution in [0.5, 0.6) is 17.2 Å². The van der Waals surface area contributed by atoms with Crippen LogP contribution in [0.4, 0.5) is 0 Å². The summed E-state index contributed by atoms with van der Waals surface area (Å²) >= 11 is 3.38.